The molecule has 0 aliphatic rings. The Morgan fingerprint density at radius 1 is 1.37 bits per heavy atom. The number of nitrogens with zero attached hydrogens (tertiary/aromatic N) is 5. The number of methoxy groups -OCH3 is 1. The summed E-state index contributed by atoms with van der Waals surface area (Å²) >= 11 is 5.97. The minimum atomic E-state index is 0.230. The van der Waals surface area contributed by atoms with Crippen molar-refractivity contribution in [3.8, 4) is 12.0 Å². The molecule has 2 rings (SSSR count). The molecule has 8 heteroatoms. The van der Waals surface area contributed by atoms with Gasteiger partial charge in [-0.3, -0.25) is 0 Å². The molecule has 0 radical (unpaired) electrons. The first-order chi connectivity index (χ1) is 9.13. The summed E-state index contributed by atoms with van der Waals surface area (Å²) in [5.74, 6) is 0.813. The Kier molecular flexibility index (Phi) is 4.16. The van der Waals surface area contributed by atoms with Gasteiger partial charge >= 0.3 is 6.01 Å². The van der Waals surface area contributed by atoms with Crippen LogP contribution in [0.4, 0.5) is 5.95 Å². The standard InChI is InChI=1S/C11H15ClN6O/c1-4-5-13-9-14-10(16-11(15-9)19-3)18-6-8(12)7(2)17-18/h6H,4-5H2,1-3H3,(H,13,14,15,16). The fraction of sp³-hybridized carbons (Fsp3) is 0.455. The maximum Gasteiger partial charge on any atom is 0.322 e. The van der Waals surface area contributed by atoms with E-state index in [1.807, 2.05) is 6.92 Å². The van der Waals surface area contributed by atoms with Gasteiger partial charge < -0.3 is 10.1 Å². The molecule has 0 unspecified atom stereocenters. The van der Waals surface area contributed by atoms with Gasteiger partial charge in [0.2, 0.25) is 5.95 Å². The Morgan fingerprint density at radius 2 is 2.16 bits per heavy atom. The van der Waals surface area contributed by atoms with E-state index in [0.29, 0.717) is 22.6 Å². The average molecular weight is 283 g/mol. The lowest BCUT2D eigenvalue weighted by atomic mass is 10.5. The number of nitrogens with one attached hydrogen (secondary N) is 1. The Balaban J connectivity index is 2.38. The van der Waals surface area contributed by atoms with Crippen molar-refractivity contribution >= 4 is 17.5 Å². The number of anilines is 1. The lowest BCUT2D eigenvalue weighted by Crippen LogP contribution is -2.11. The second-order valence-electron chi connectivity index (χ2n) is 3.88. The van der Waals surface area contributed by atoms with E-state index in [1.54, 1.807) is 6.20 Å². The lowest BCUT2D eigenvalue weighted by molar-refractivity contribution is 0.377. The summed E-state index contributed by atoms with van der Waals surface area (Å²) in [6.45, 7) is 4.64. The van der Waals surface area contributed by atoms with Crippen molar-refractivity contribution in [2.24, 2.45) is 0 Å². The highest BCUT2D eigenvalue weighted by Crippen LogP contribution is 2.16. The number of halogens is 1. The van der Waals surface area contributed by atoms with Crippen LogP contribution in [0, 0.1) is 6.92 Å². The molecular formula is C11H15ClN6O. The molecule has 2 heterocycles. The Bertz CT molecular complexity index is 551. The highest BCUT2D eigenvalue weighted by molar-refractivity contribution is 6.31. The van der Waals surface area contributed by atoms with E-state index in [4.69, 9.17) is 16.3 Å². The fourth-order valence-corrected chi connectivity index (χ4v) is 1.53. The van der Waals surface area contributed by atoms with Crippen LogP contribution in [0.5, 0.6) is 6.01 Å². The summed E-state index contributed by atoms with van der Waals surface area (Å²) in [6, 6.07) is 0.230. The minimum Gasteiger partial charge on any atom is -0.467 e. The fourth-order valence-electron chi connectivity index (χ4n) is 1.40. The Labute approximate surface area is 116 Å². The van der Waals surface area contributed by atoms with Crippen LogP contribution in [0.15, 0.2) is 6.20 Å². The van der Waals surface area contributed by atoms with Gasteiger partial charge in [-0.2, -0.15) is 20.1 Å². The highest BCUT2D eigenvalue weighted by Gasteiger charge is 2.11. The van der Waals surface area contributed by atoms with Gasteiger partial charge in [0.15, 0.2) is 0 Å². The largest absolute Gasteiger partial charge is 0.467 e. The predicted molar refractivity (Wildman–Crippen MR) is 72.0 cm³/mol. The van der Waals surface area contributed by atoms with Crippen LogP contribution >= 0.6 is 11.6 Å². The third kappa shape index (κ3) is 3.11. The van der Waals surface area contributed by atoms with Crippen molar-refractivity contribution in [1.82, 2.24) is 24.7 Å². The van der Waals surface area contributed by atoms with Crippen LogP contribution in [0.2, 0.25) is 5.02 Å². The predicted octanol–water partition coefficient (Wildman–Crippen LogP) is 1.85. The Hall–Kier alpha value is -1.89. The first-order valence-corrected chi connectivity index (χ1v) is 6.28. The number of rotatable bonds is 5. The molecule has 0 bridgehead atoms. The van der Waals surface area contributed by atoms with E-state index in [-0.39, 0.29) is 6.01 Å². The monoisotopic (exact) mass is 282 g/mol. The van der Waals surface area contributed by atoms with E-state index < -0.39 is 0 Å². The summed E-state index contributed by atoms with van der Waals surface area (Å²) in [5.41, 5.74) is 0.712. The van der Waals surface area contributed by atoms with Gasteiger partial charge in [-0.1, -0.05) is 18.5 Å². The van der Waals surface area contributed by atoms with Gasteiger partial charge in [-0.15, -0.1) is 0 Å². The van der Waals surface area contributed by atoms with Crippen LogP contribution in [0.25, 0.3) is 5.95 Å². The molecule has 102 valence electrons. The van der Waals surface area contributed by atoms with E-state index in [9.17, 15) is 0 Å². The zero-order chi connectivity index (χ0) is 13.8. The number of hydrogen-bond acceptors (Lipinski definition) is 6. The van der Waals surface area contributed by atoms with Gasteiger partial charge in [0.05, 0.1) is 24.0 Å². The quantitative estimate of drug-likeness (QED) is 0.902. The van der Waals surface area contributed by atoms with Crippen molar-refractivity contribution < 1.29 is 4.74 Å². The zero-order valence-corrected chi connectivity index (χ0v) is 11.8. The maximum atomic E-state index is 5.97. The smallest absolute Gasteiger partial charge is 0.322 e. The summed E-state index contributed by atoms with van der Waals surface area (Å²) < 4.78 is 6.56. The van der Waals surface area contributed by atoms with Gasteiger partial charge in [-0.05, 0) is 13.3 Å². The number of aromatic nitrogens is 5. The molecule has 0 amide bonds. The van der Waals surface area contributed by atoms with Gasteiger partial charge in [-0.25, -0.2) is 4.68 Å². The second-order valence-corrected chi connectivity index (χ2v) is 4.29. The molecule has 0 spiro atoms. The molecule has 0 fully saturated rings. The summed E-state index contributed by atoms with van der Waals surface area (Å²) in [5, 5.41) is 7.87. The molecule has 0 atom stereocenters. The molecule has 0 saturated carbocycles. The number of aryl methyl sites for hydroxylation is 1. The summed E-state index contributed by atoms with van der Waals surface area (Å²) in [4.78, 5) is 12.5. The van der Waals surface area contributed by atoms with Gasteiger partial charge in [0, 0.05) is 6.54 Å². The van der Waals surface area contributed by atoms with Gasteiger partial charge in [0.25, 0.3) is 5.95 Å². The first kappa shape index (κ1) is 13.5. The minimum absolute atomic E-state index is 0.230. The molecule has 7 nitrogen and oxygen atoms in total. The molecular weight excluding hydrogens is 268 g/mol. The summed E-state index contributed by atoms with van der Waals surface area (Å²) in [7, 11) is 1.50. The van der Waals surface area contributed by atoms with Crippen LogP contribution in [-0.4, -0.2) is 38.4 Å². The van der Waals surface area contributed by atoms with Crippen LogP contribution in [0.1, 0.15) is 19.0 Å². The van der Waals surface area contributed by atoms with E-state index >= 15 is 0 Å². The van der Waals surface area contributed by atoms with Crippen LogP contribution in [0.3, 0.4) is 0 Å². The van der Waals surface area contributed by atoms with E-state index in [1.165, 1.54) is 11.8 Å². The molecule has 19 heavy (non-hydrogen) atoms. The van der Waals surface area contributed by atoms with E-state index in [0.717, 1.165) is 13.0 Å². The molecule has 1 N–H and O–H groups in total. The zero-order valence-electron chi connectivity index (χ0n) is 11.0. The normalized spacial score (nSPS) is 10.5. The first-order valence-electron chi connectivity index (χ1n) is 5.90. The molecule has 2 aromatic heterocycles. The van der Waals surface area contributed by atoms with E-state index in [2.05, 4.69) is 32.3 Å². The molecule has 0 aliphatic heterocycles. The van der Waals surface area contributed by atoms with Crippen molar-refractivity contribution in [2.75, 3.05) is 19.0 Å². The highest BCUT2D eigenvalue weighted by atomic mass is 35.5. The third-order valence-electron chi connectivity index (χ3n) is 2.36. The lowest BCUT2D eigenvalue weighted by Gasteiger charge is -2.07. The number of hydrogen-bond donors (Lipinski definition) is 1. The Morgan fingerprint density at radius 3 is 2.74 bits per heavy atom. The van der Waals surface area contributed by atoms with Crippen molar-refractivity contribution in [3.63, 3.8) is 0 Å². The molecule has 0 aliphatic carbocycles. The van der Waals surface area contributed by atoms with Crippen molar-refractivity contribution in [2.45, 2.75) is 20.3 Å². The topological polar surface area (TPSA) is 77.8 Å². The number of ether oxygens (including phenoxy) is 1. The molecule has 0 aromatic carbocycles. The average Bonchev–Trinajstić information content (AvgIpc) is 2.76. The SMILES string of the molecule is CCCNc1nc(OC)nc(-n2cc(Cl)c(C)n2)n1. The third-order valence-corrected chi connectivity index (χ3v) is 2.73. The molecule has 0 saturated heterocycles. The van der Waals surface area contributed by atoms with Gasteiger partial charge in [0.1, 0.15) is 0 Å². The van der Waals surface area contributed by atoms with Crippen LogP contribution < -0.4 is 10.1 Å². The molecule has 2 aromatic rings. The van der Waals surface area contributed by atoms with Crippen molar-refractivity contribution in [3.05, 3.63) is 16.9 Å². The second kappa shape index (κ2) is 5.83. The maximum absolute atomic E-state index is 5.97. The van der Waals surface area contributed by atoms with Crippen LogP contribution in [-0.2, 0) is 0 Å². The van der Waals surface area contributed by atoms with Crippen molar-refractivity contribution in [1.29, 1.82) is 0 Å². The summed E-state index contributed by atoms with van der Waals surface area (Å²) in [6.07, 6.45) is 2.62.